The summed E-state index contributed by atoms with van der Waals surface area (Å²) in [7, 11) is 0. The second-order valence-corrected chi connectivity index (χ2v) is 7.39. The van der Waals surface area contributed by atoms with Gasteiger partial charge in [0, 0.05) is 18.9 Å². The van der Waals surface area contributed by atoms with Crippen LogP contribution in [0.25, 0.3) is 0 Å². The molecule has 7 heteroatoms. The molecule has 0 spiro atoms. The lowest BCUT2D eigenvalue weighted by Gasteiger charge is -2.21. The monoisotopic (exact) mass is 430 g/mol. The van der Waals surface area contributed by atoms with Crippen molar-refractivity contribution < 1.29 is 24.2 Å². The second kappa shape index (κ2) is 15.0. The molecular formula is C24H34N2O5. The van der Waals surface area contributed by atoms with E-state index in [1.807, 2.05) is 30.3 Å². The van der Waals surface area contributed by atoms with E-state index < -0.39 is 12.0 Å². The Morgan fingerprint density at radius 2 is 1.87 bits per heavy atom. The van der Waals surface area contributed by atoms with Gasteiger partial charge in [0.2, 0.25) is 11.8 Å². The molecule has 0 aliphatic rings. The molecule has 0 aliphatic carbocycles. The van der Waals surface area contributed by atoms with Crippen molar-refractivity contribution >= 4 is 17.8 Å². The first-order valence-corrected chi connectivity index (χ1v) is 10.5. The zero-order chi connectivity index (χ0) is 23.1. The van der Waals surface area contributed by atoms with Crippen molar-refractivity contribution in [3.63, 3.8) is 0 Å². The second-order valence-electron chi connectivity index (χ2n) is 7.39. The Morgan fingerprint density at radius 1 is 1.16 bits per heavy atom. The van der Waals surface area contributed by atoms with Crippen molar-refractivity contribution in [2.45, 2.75) is 51.2 Å². The Kier molecular flexibility index (Phi) is 12.6. The van der Waals surface area contributed by atoms with E-state index in [1.165, 1.54) is 0 Å². The molecule has 0 aliphatic heterocycles. The molecule has 31 heavy (non-hydrogen) atoms. The van der Waals surface area contributed by atoms with Crippen molar-refractivity contribution in [3.05, 3.63) is 61.2 Å². The van der Waals surface area contributed by atoms with Gasteiger partial charge in [-0.2, -0.15) is 0 Å². The highest BCUT2D eigenvalue weighted by molar-refractivity contribution is 5.86. The number of nitrogens with one attached hydrogen (secondary N) is 2. The lowest BCUT2D eigenvalue weighted by molar-refractivity contribution is -0.150. The fourth-order valence-electron chi connectivity index (χ4n) is 2.93. The SMILES string of the molecule is C=CCCCC(=O)OC(CNC(=O)C(CC=C)CC(=O)NC(C)CO)c1ccccc1. The number of unbranched alkanes of at least 4 members (excludes halogenated alkanes) is 1. The highest BCUT2D eigenvalue weighted by Crippen LogP contribution is 2.19. The van der Waals surface area contributed by atoms with Crippen LogP contribution >= 0.6 is 0 Å². The number of aliphatic hydroxyl groups is 1. The lowest BCUT2D eigenvalue weighted by Crippen LogP contribution is -2.40. The molecule has 0 saturated carbocycles. The Hall–Kier alpha value is -2.93. The Labute approximate surface area is 184 Å². The molecular weight excluding hydrogens is 396 g/mol. The molecule has 7 nitrogen and oxygen atoms in total. The molecule has 0 radical (unpaired) electrons. The van der Waals surface area contributed by atoms with E-state index in [0.717, 1.165) is 12.0 Å². The minimum Gasteiger partial charge on any atom is -0.456 e. The van der Waals surface area contributed by atoms with Crippen molar-refractivity contribution in [1.82, 2.24) is 10.6 Å². The van der Waals surface area contributed by atoms with Gasteiger partial charge in [-0.3, -0.25) is 14.4 Å². The number of hydrogen-bond acceptors (Lipinski definition) is 5. The first-order valence-electron chi connectivity index (χ1n) is 10.5. The zero-order valence-corrected chi connectivity index (χ0v) is 18.2. The summed E-state index contributed by atoms with van der Waals surface area (Å²) in [6.07, 6.45) is 4.64. The first kappa shape index (κ1) is 26.1. The number of benzene rings is 1. The quantitative estimate of drug-likeness (QED) is 0.225. The van der Waals surface area contributed by atoms with E-state index >= 15 is 0 Å². The maximum Gasteiger partial charge on any atom is 0.306 e. The number of aliphatic hydroxyl groups excluding tert-OH is 1. The van der Waals surface area contributed by atoms with Gasteiger partial charge in [-0.1, -0.05) is 42.5 Å². The van der Waals surface area contributed by atoms with Gasteiger partial charge in [0.1, 0.15) is 6.10 Å². The number of allylic oxidation sites excluding steroid dienone is 2. The van der Waals surface area contributed by atoms with Gasteiger partial charge in [-0.15, -0.1) is 13.2 Å². The number of hydrogen-bond donors (Lipinski definition) is 3. The number of rotatable bonds is 15. The van der Waals surface area contributed by atoms with E-state index in [9.17, 15) is 14.4 Å². The van der Waals surface area contributed by atoms with E-state index in [2.05, 4.69) is 23.8 Å². The predicted molar refractivity (Wildman–Crippen MR) is 120 cm³/mol. The highest BCUT2D eigenvalue weighted by atomic mass is 16.5. The van der Waals surface area contributed by atoms with E-state index in [-0.39, 0.29) is 49.8 Å². The molecule has 3 N–H and O–H groups in total. The van der Waals surface area contributed by atoms with Gasteiger partial charge in [-0.25, -0.2) is 0 Å². The summed E-state index contributed by atoms with van der Waals surface area (Å²) in [4.78, 5) is 37.0. The fraction of sp³-hybridized carbons (Fsp3) is 0.458. The van der Waals surface area contributed by atoms with Gasteiger partial charge in [0.25, 0.3) is 0 Å². The van der Waals surface area contributed by atoms with Gasteiger partial charge in [-0.05, 0) is 31.7 Å². The Bertz CT molecular complexity index is 720. The molecule has 0 aromatic heterocycles. The van der Waals surface area contributed by atoms with Gasteiger partial charge in [0.05, 0.1) is 19.1 Å². The molecule has 0 saturated heterocycles. The predicted octanol–water partition coefficient (Wildman–Crippen LogP) is 2.82. The number of carbonyl (C=O) groups is 3. The summed E-state index contributed by atoms with van der Waals surface area (Å²) in [6.45, 7) is 8.89. The average Bonchev–Trinajstić information content (AvgIpc) is 2.76. The van der Waals surface area contributed by atoms with Crippen LogP contribution in [-0.4, -0.2) is 42.1 Å². The van der Waals surface area contributed by atoms with Crippen molar-refractivity contribution in [2.24, 2.45) is 5.92 Å². The highest BCUT2D eigenvalue weighted by Gasteiger charge is 2.24. The summed E-state index contributed by atoms with van der Waals surface area (Å²) in [5.74, 6) is -1.60. The summed E-state index contributed by atoms with van der Waals surface area (Å²) in [5, 5.41) is 14.5. The molecule has 0 heterocycles. The third kappa shape index (κ3) is 10.6. The van der Waals surface area contributed by atoms with E-state index in [4.69, 9.17) is 9.84 Å². The molecule has 2 amide bonds. The average molecular weight is 431 g/mol. The minimum atomic E-state index is -0.631. The molecule has 0 fully saturated rings. The van der Waals surface area contributed by atoms with Crippen LogP contribution < -0.4 is 10.6 Å². The molecule has 170 valence electrons. The number of esters is 1. The van der Waals surface area contributed by atoms with Gasteiger partial charge in [0.15, 0.2) is 0 Å². The van der Waals surface area contributed by atoms with E-state index in [1.54, 1.807) is 19.1 Å². The third-order valence-corrected chi connectivity index (χ3v) is 4.63. The van der Waals surface area contributed by atoms with E-state index in [0.29, 0.717) is 12.8 Å². The van der Waals surface area contributed by atoms with Crippen LogP contribution in [0.4, 0.5) is 0 Å². The summed E-state index contributed by atoms with van der Waals surface area (Å²) in [6, 6.07) is 8.81. The smallest absolute Gasteiger partial charge is 0.306 e. The number of amides is 2. The van der Waals surface area contributed by atoms with Crippen LogP contribution in [0.3, 0.4) is 0 Å². The topological polar surface area (TPSA) is 105 Å². The maximum atomic E-state index is 12.7. The molecule has 1 aromatic carbocycles. The standard InChI is InChI=1S/C24H34N2O5/c1-4-6-8-14-23(29)31-21(19-12-9-7-10-13-19)16-25-24(30)20(11-5-2)15-22(28)26-18(3)17-27/h4-5,7,9-10,12-13,18,20-21,27H,1-2,6,8,11,14-17H2,3H3,(H,25,30)(H,26,28). The summed E-state index contributed by atoms with van der Waals surface area (Å²) in [5.41, 5.74) is 0.773. The normalized spacial score (nSPS) is 13.4. The molecule has 1 aromatic rings. The van der Waals surface area contributed by atoms with Crippen LogP contribution in [0.5, 0.6) is 0 Å². The molecule has 0 bridgehead atoms. The van der Waals surface area contributed by atoms with Crippen molar-refractivity contribution in [1.29, 1.82) is 0 Å². The number of ether oxygens (including phenoxy) is 1. The van der Waals surface area contributed by atoms with Crippen LogP contribution in [0, 0.1) is 5.92 Å². The maximum absolute atomic E-state index is 12.7. The lowest BCUT2D eigenvalue weighted by atomic mass is 9.99. The summed E-state index contributed by atoms with van der Waals surface area (Å²) >= 11 is 0. The Balaban J connectivity index is 2.75. The molecule has 3 unspecified atom stereocenters. The largest absolute Gasteiger partial charge is 0.456 e. The van der Waals surface area contributed by atoms with Crippen molar-refractivity contribution in [2.75, 3.05) is 13.2 Å². The van der Waals surface area contributed by atoms with Crippen LogP contribution in [-0.2, 0) is 19.1 Å². The fourth-order valence-corrected chi connectivity index (χ4v) is 2.93. The van der Waals surface area contributed by atoms with Gasteiger partial charge >= 0.3 is 5.97 Å². The van der Waals surface area contributed by atoms with Gasteiger partial charge < -0.3 is 20.5 Å². The zero-order valence-electron chi connectivity index (χ0n) is 18.2. The third-order valence-electron chi connectivity index (χ3n) is 4.63. The Morgan fingerprint density at radius 3 is 2.48 bits per heavy atom. The first-order chi connectivity index (χ1) is 14.9. The van der Waals surface area contributed by atoms with Crippen LogP contribution in [0.1, 0.15) is 50.7 Å². The summed E-state index contributed by atoms with van der Waals surface area (Å²) < 4.78 is 5.61. The van der Waals surface area contributed by atoms with Crippen LogP contribution in [0.2, 0.25) is 0 Å². The minimum absolute atomic E-state index is 0.0282. The number of carbonyl (C=O) groups excluding carboxylic acids is 3. The molecule has 1 rings (SSSR count). The molecule has 3 atom stereocenters. The van der Waals surface area contributed by atoms with Crippen molar-refractivity contribution in [3.8, 4) is 0 Å². The van der Waals surface area contributed by atoms with Crippen LogP contribution in [0.15, 0.2) is 55.6 Å².